The van der Waals surface area contributed by atoms with Gasteiger partial charge in [0.2, 0.25) is 0 Å². The summed E-state index contributed by atoms with van der Waals surface area (Å²) < 4.78 is 12.2. The molecule has 0 aliphatic carbocycles. The Bertz CT molecular complexity index is 1230. The normalized spacial score (nSPS) is 14.3. The van der Waals surface area contributed by atoms with Crippen LogP contribution in [0.1, 0.15) is 20.8 Å². The van der Waals surface area contributed by atoms with Crippen LogP contribution < -0.4 is 4.74 Å². The van der Waals surface area contributed by atoms with Gasteiger partial charge in [0, 0.05) is 0 Å². The maximum atomic E-state index is 11.8. The van der Waals surface area contributed by atoms with E-state index in [1.165, 1.54) is 23.8 Å². The van der Waals surface area contributed by atoms with E-state index < -0.39 is 25.8 Å². The van der Waals surface area contributed by atoms with Crippen LogP contribution in [0.2, 0.25) is 0 Å². The SMILES string of the molecule is Cc1ccccc1COc1cc(-n2cnc3ccc(I4CC4)cc32)sc1C(=O)O. The molecule has 0 bridgehead atoms. The van der Waals surface area contributed by atoms with Crippen molar-refractivity contribution < 1.29 is 14.6 Å². The molecule has 5 nitrogen and oxygen atoms in total. The molecule has 0 radical (unpaired) electrons. The van der Waals surface area contributed by atoms with Gasteiger partial charge in [-0.25, -0.2) is 0 Å². The average molecular weight is 518 g/mol. The Morgan fingerprint density at radius 3 is 2.83 bits per heavy atom. The van der Waals surface area contributed by atoms with E-state index in [0.717, 1.165) is 27.2 Å². The zero-order valence-electron chi connectivity index (χ0n) is 15.8. The second-order valence-electron chi connectivity index (χ2n) is 6.88. The number of aromatic nitrogens is 2. The van der Waals surface area contributed by atoms with Gasteiger partial charge < -0.3 is 0 Å². The predicted octanol–water partition coefficient (Wildman–Crippen LogP) is 5.36. The van der Waals surface area contributed by atoms with Crippen molar-refractivity contribution in [2.75, 3.05) is 8.86 Å². The summed E-state index contributed by atoms with van der Waals surface area (Å²) in [4.78, 5) is 16.5. The summed E-state index contributed by atoms with van der Waals surface area (Å²) in [5.41, 5.74) is 4.14. The Kier molecular flexibility index (Phi) is 4.79. The number of rotatable bonds is 6. The first-order valence-corrected chi connectivity index (χ1v) is 14.2. The Morgan fingerprint density at radius 1 is 1.24 bits per heavy atom. The van der Waals surface area contributed by atoms with Gasteiger partial charge in [-0.05, 0) is 0 Å². The van der Waals surface area contributed by atoms with Crippen molar-refractivity contribution in [3.8, 4) is 10.8 Å². The van der Waals surface area contributed by atoms with E-state index in [4.69, 9.17) is 4.74 Å². The quantitative estimate of drug-likeness (QED) is 0.276. The van der Waals surface area contributed by atoms with E-state index in [9.17, 15) is 9.90 Å². The fraction of sp³-hybridized carbons (Fsp3) is 0.182. The second kappa shape index (κ2) is 7.46. The molecule has 7 heteroatoms. The number of benzene rings is 2. The first-order valence-electron chi connectivity index (χ1n) is 9.24. The first-order chi connectivity index (χ1) is 14.1. The Morgan fingerprint density at radius 2 is 2.07 bits per heavy atom. The van der Waals surface area contributed by atoms with Gasteiger partial charge in [0.05, 0.1) is 0 Å². The number of aromatic carboxylic acids is 1. The number of alkyl halides is 2. The number of carbonyl (C=O) groups is 1. The number of ether oxygens (including phenoxy) is 1. The Balaban J connectivity index is 1.50. The van der Waals surface area contributed by atoms with Crippen LogP contribution in [0.3, 0.4) is 0 Å². The van der Waals surface area contributed by atoms with E-state index in [1.54, 1.807) is 6.33 Å². The molecule has 2 aromatic carbocycles. The van der Waals surface area contributed by atoms with E-state index in [0.29, 0.717) is 12.4 Å². The zero-order chi connectivity index (χ0) is 20.0. The van der Waals surface area contributed by atoms with Crippen molar-refractivity contribution in [3.63, 3.8) is 0 Å². The molecular weight excluding hydrogens is 499 g/mol. The van der Waals surface area contributed by atoms with Crippen molar-refractivity contribution >= 4 is 48.2 Å². The number of nitrogens with zero attached hydrogens (tertiary/aromatic N) is 2. The molecule has 0 unspecified atom stereocenters. The average Bonchev–Trinajstić information content (AvgIpc) is 3.34. The number of carboxylic acids is 1. The van der Waals surface area contributed by atoms with Crippen LogP contribution in [0.15, 0.2) is 54.9 Å². The van der Waals surface area contributed by atoms with Crippen LogP contribution >= 0.6 is 31.2 Å². The first kappa shape index (κ1) is 18.6. The summed E-state index contributed by atoms with van der Waals surface area (Å²) in [6.45, 7) is 2.36. The summed E-state index contributed by atoms with van der Waals surface area (Å²) in [7, 11) is 0. The monoisotopic (exact) mass is 518 g/mol. The molecule has 5 rings (SSSR count). The zero-order valence-corrected chi connectivity index (χ0v) is 18.7. The molecular formula is C22H19IN2O3S. The third-order valence-electron chi connectivity index (χ3n) is 4.96. The Labute approximate surface area is 179 Å². The van der Waals surface area contributed by atoms with Crippen LogP contribution in [-0.2, 0) is 6.61 Å². The van der Waals surface area contributed by atoms with Crippen molar-refractivity contribution in [1.29, 1.82) is 0 Å². The van der Waals surface area contributed by atoms with Crippen LogP contribution in [0.25, 0.3) is 16.0 Å². The molecule has 4 aromatic rings. The Hall–Kier alpha value is -2.39. The maximum absolute atomic E-state index is 11.8. The number of fused-ring (bicyclic) bond motifs is 1. The summed E-state index contributed by atoms with van der Waals surface area (Å²) in [6.07, 6.45) is 1.77. The molecule has 148 valence electrons. The number of halogens is 1. The molecule has 0 spiro atoms. The van der Waals surface area contributed by atoms with E-state index in [1.807, 2.05) is 41.8 Å². The summed E-state index contributed by atoms with van der Waals surface area (Å²) in [6, 6.07) is 16.3. The molecule has 0 saturated carbocycles. The van der Waals surface area contributed by atoms with Crippen LogP contribution in [0, 0.1) is 10.5 Å². The number of thiophene rings is 1. The van der Waals surface area contributed by atoms with Gasteiger partial charge in [0.15, 0.2) is 0 Å². The van der Waals surface area contributed by atoms with Gasteiger partial charge in [-0.1, -0.05) is 6.07 Å². The molecule has 1 fully saturated rings. The number of carboxylic acid groups (broad SMARTS) is 1. The topological polar surface area (TPSA) is 64.4 Å². The molecule has 29 heavy (non-hydrogen) atoms. The summed E-state index contributed by atoms with van der Waals surface area (Å²) in [5, 5.41) is 10.5. The van der Waals surface area contributed by atoms with Crippen molar-refractivity contribution in [2.24, 2.45) is 0 Å². The van der Waals surface area contributed by atoms with Crippen molar-refractivity contribution in [3.05, 3.63) is 74.4 Å². The van der Waals surface area contributed by atoms with Gasteiger partial charge >= 0.3 is 174 Å². The standard InChI is InChI=1S/C22H19IN2O3S/c1-14-4-2-3-5-15(14)12-28-19-11-20(29-21(19)22(26)27)25-13-24-17-7-6-16(10-18(17)25)23-8-9-23/h2-7,10-11,13H,8-9,12H2,1H3,(H,26,27). The molecule has 1 N–H and O–H groups in total. The molecule has 1 aliphatic heterocycles. The van der Waals surface area contributed by atoms with E-state index in [-0.39, 0.29) is 4.88 Å². The number of aryl methyl sites for hydroxylation is 1. The fourth-order valence-electron chi connectivity index (χ4n) is 3.24. The van der Waals surface area contributed by atoms with Gasteiger partial charge in [0.25, 0.3) is 0 Å². The molecule has 2 aromatic heterocycles. The van der Waals surface area contributed by atoms with Gasteiger partial charge in [-0.2, -0.15) is 0 Å². The van der Waals surface area contributed by atoms with Crippen LogP contribution in [-0.4, -0.2) is 29.5 Å². The van der Waals surface area contributed by atoms with Crippen molar-refractivity contribution in [2.45, 2.75) is 13.5 Å². The van der Waals surface area contributed by atoms with Crippen LogP contribution in [0.4, 0.5) is 0 Å². The van der Waals surface area contributed by atoms with Gasteiger partial charge in [0.1, 0.15) is 0 Å². The number of hydrogen-bond donors (Lipinski definition) is 1. The van der Waals surface area contributed by atoms with Crippen LogP contribution in [0.5, 0.6) is 5.75 Å². The van der Waals surface area contributed by atoms with E-state index in [2.05, 4.69) is 23.2 Å². The molecule has 0 atom stereocenters. The predicted molar refractivity (Wildman–Crippen MR) is 124 cm³/mol. The van der Waals surface area contributed by atoms with Gasteiger partial charge in [-0.15, -0.1) is 0 Å². The summed E-state index contributed by atoms with van der Waals surface area (Å²) in [5.74, 6) is -0.575. The molecule has 3 heterocycles. The minimum atomic E-state index is -0.975. The molecule has 1 saturated heterocycles. The number of imidazole rings is 1. The number of hydrogen-bond acceptors (Lipinski definition) is 4. The second-order valence-corrected chi connectivity index (χ2v) is 13.9. The molecule has 0 amide bonds. The molecule has 1 aliphatic rings. The van der Waals surface area contributed by atoms with Gasteiger partial charge in [-0.3, -0.25) is 0 Å². The minimum absolute atomic E-state index is 0.212. The third-order valence-corrected chi connectivity index (χ3v) is 10.7. The summed E-state index contributed by atoms with van der Waals surface area (Å²) >= 11 is 0.343. The third kappa shape index (κ3) is 3.64. The van der Waals surface area contributed by atoms with E-state index >= 15 is 0 Å². The fourth-order valence-corrected chi connectivity index (χ4v) is 8.41. The van der Waals surface area contributed by atoms with Crippen molar-refractivity contribution in [1.82, 2.24) is 9.55 Å².